The minimum absolute atomic E-state index is 0.0290. The first-order valence-electron chi connectivity index (χ1n) is 9.81. The van der Waals surface area contributed by atoms with Crippen LogP contribution in [-0.2, 0) is 10.0 Å². The Morgan fingerprint density at radius 1 is 1.07 bits per heavy atom. The van der Waals surface area contributed by atoms with E-state index >= 15 is 0 Å². The van der Waals surface area contributed by atoms with Gasteiger partial charge < -0.3 is 14.4 Å². The Hall–Kier alpha value is -2.25. The Balaban J connectivity index is 1.61. The monoisotopic (exact) mass is 401 g/mol. The summed E-state index contributed by atoms with van der Waals surface area (Å²) >= 11 is 0. The van der Waals surface area contributed by atoms with Gasteiger partial charge in [0.2, 0.25) is 0 Å². The maximum Gasteiger partial charge on any atom is 0.264 e. The summed E-state index contributed by atoms with van der Waals surface area (Å²) in [5.41, 5.74) is 3.15. The first-order valence-corrected chi connectivity index (χ1v) is 11.2. The lowest BCUT2D eigenvalue weighted by atomic mass is 9.89. The Kier molecular flexibility index (Phi) is 4.07. The molecule has 1 saturated heterocycles. The van der Waals surface area contributed by atoms with Crippen molar-refractivity contribution < 1.29 is 22.8 Å². The molecule has 0 bridgehead atoms. The van der Waals surface area contributed by atoms with E-state index in [2.05, 4.69) is 20.0 Å². The maximum absolute atomic E-state index is 13.7. The number of benzene rings is 2. The minimum atomic E-state index is -3.70. The van der Waals surface area contributed by atoms with E-state index in [1.807, 2.05) is 12.1 Å². The second kappa shape index (κ2) is 6.39. The summed E-state index contributed by atoms with van der Waals surface area (Å²) in [4.78, 5) is 1.71. The summed E-state index contributed by atoms with van der Waals surface area (Å²) in [7, 11) is -1.51. The second-order valence-corrected chi connectivity index (χ2v) is 9.86. The van der Waals surface area contributed by atoms with Crippen molar-refractivity contribution in [1.29, 1.82) is 0 Å². The molecular formula is C21H25N2O4S+. The van der Waals surface area contributed by atoms with E-state index in [1.54, 1.807) is 22.5 Å². The normalized spacial score (nSPS) is 25.9. The number of likely N-dealkylation sites (N-methyl/N-ethyl adjacent to an activating group) is 1. The van der Waals surface area contributed by atoms with Crippen LogP contribution in [0.25, 0.3) is 0 Å². The quantitative estimate of drug-likeness (QED) is 0.825. The highest BCUT2D eigenvalue weighted by molar-refractivity contribution is 7.92. The van der Waals surface area contributed by atoms with Crippen LogP contribution in [0.4, 0.5) is 5.69 Å². The van der Waals surface area contributed by atoms with E-state index in [0.29, 0.717) is 24.7 Å². The summed E-state index contributed by atoms with van der Waals surface area (Å²) in [5, 5.41) is 0. The first-order chi connectivity index (χ1) is 13.4. The number of anilines is 1. The van der Waals surface area contributed by atoms with Crippen molar-refractivity contribution in [2.24, 2.45) is 0 Å². The molecule has 0 spiro atoms. The molecule has 1 N–H and O–H groups in total. The Labute approximate surface area is 165 Å². The van der Waals surface area contributed by atoms with E-state index in [9.17, 15) is 8.42 Å². The van der Waals surface area contributed by atoms with Crippen molar-refractivity contribution in [1.82, 2.24) is 0 Å². The molecule has 6 nitrogen and oxygen atoms in total. The van der Waals surface area contributed by atoms with Gasteiger partial charge in [-0.1, -0.05) is 17.7 Å². The van der Waals surface area contributed by atoms with E-state index in [1.165, 1.54) is 10.5 Å². The molecule has 0 amide bonds. The third-order valence-corrected chi connectivity index (χ3v) is 7.93. The van der Waals surface area contributed by atoms with Gasteiger partial charge in [0.15, 0.2) is 11.5 Å². The summed E-state index contributed by atoms with van der Waals surface area (Å²) in [6.07, 6.45) is 0.855. The smallest absolute Gasteiger partial charge is 0.264 e. The Morgan fingerprint density at radius 2 is 1.86 bits per heavy atom. The molecule has 5 rings (SSSR count). The van der Waals surface area contributed by atoms with Crippen LogP contribution in [0.2, 0.25) is 0 Å². The van der Waals surface area contributed by atoms with E-state index in [-0.39, 0.29) is 16.9 Å². The number of nitrogens with zero attached hydrogens (tertiary/aromatic N) is 1. The average Bonchev–Trinajstić information content (AvgIpc) is 3.01. The van der Waals surface area contributed by atoms with Crippen molar-refractivity contribution in [3.8, 4) is 11.5 Å². The minimum Gasteiger partial charge on any atom is -0.486 e. The molecule has 1 fully saturated rings. The number of likely N-dealkylation sites (tertiary alicyclic amines) is 1. The zero-order chi connectivity index (χ0) is 19.5. The molecule has 2 aromatic rings. The number of sulfonamides is 1. The number of rotatable bonds is 2. The number of fused-ring (bicyclic) bond motifs is 4. The third kappa shape index (κ3) is 2.68. The molecule has 0 radical (unpaired) electrons. The fourth-order valence-corrected chi connectivity index (χ4v) is 6.52. The van der Waals surface area contributed by atoms with Gasteiger partial charge in [0.1, 0.15) is 13.2 Å². The summed E-state index contributed by atoms with van der Waals surface area (Å²) in [5.74, 6) is 1.33. The molecular weight excluding hydrogens is 376 g/mol. The van der Waals surface area contributed by atoms with Crippen molar-refractivity contribution >= 4 is 15.7 Å². The maximum atomic E-state index is 13.7. The highest BCUT2D eigenvalue weighted by atomic mass is 32.2. The fraction of sp³-hybridized carbons (Fsp3) is 0.429. The molecule has 3 aliphatic heterocycles. The average molecular weight is 402 g/mol. The fourth-order valence-electron chi connectivity index (χ4n) is 4.76. The third-order valence-electron chi connectivity index (χ3n) is 6.09. The van der Waals surface area contributed by atoms with Gasteiger partial charge in [-0.15, -0.1) is 0 Å². The van der Waals surface area contributed by atoms with Gasteiger partial charge in [-0.2, -0.15) is 0 Å². The molecule has 3 atom stereocenters. The van der Waals surface area contributed by atoms with Crippen LogP contribution in [-0.4, -0.2) is 47.8 Å². The Morgan fingerprint density at radius 3 is 2.68 bits per heavy atom. The standard InChI is InChI=1S/C21H24N2O4S/c1-14-3-5-18-16(11-14)17-13-22(2)8-7-19(17)23(18)28(24,25)15-4-6-20-21(12-15)27-10-9-26-20/h3-6,11-12,17,19H,7-10,13H2,1-2H3/p+1/t17-,19+/m1/s1. The molecule has 3 heterocycles. The van der Waals surface area contributed by atoms with Gasteiger partial charge in [-0.05, 0) is 30.7 Å². The van der Waals surface area contributed by atoms with Crippen molar-refractivity contribution in [2.45, 2.75) is 30.2 Å². The summed E-state index contributed by atoms with van der Waals surface area (Å²) in [6.45, 7) is 4.90. The van der Waals surface area contributed by atoms with Crippen LogP contribution in [0.15, 0.2) is 41.3 Å². The van der Waals surface area contributed by atoms with Gasteiger partial charge in [-0.25, -0.2) is 8.42 Å². The van der Waals surface area contributed by atoms with Gasteiger partial charge >= 0.3 is 0 Å². The van der Waals surface area contributed by atoms with Gasteiger partial charge in [0, 0.05) is 12.5 Å². The summed E-state index contributed by atoms with van der Waals surface area (Å²) < 4.78 is 40.3. The lowest BCUT2D eigenvalue weighted by Gasteiger charge is -2.34. The predicted octanol–water partition coefficient (Wildman–Crippen LogP) is 1.35. The Bertz CT molecular complexity index is 1040. The number of nitrogens with one attached hydrogen (secondary N) is 1. The number of piperidine rings is 1. The van der Waals surface area contributed by atoms with Crippen LogP contribution < -0.4 is 18.7 Å². The zero-order valence-corrected chi connectivity index (χ0v) is 17.0. The molecule has 148 valence electrons. The second-order valence-electron chi connectivity index (χ2n) is 8.04. The van der Waals surface area contributed by atoms with E-state index in [0.717, 1.165) is 30.8 Å². The van der Waals surface area contributed by atoms with Gasteiger partial charge in [0.25, 0.3) is 10.0 Å². The molecule has 2 aromatic carbocycles. The van der Waals surface area contributed by atoms with E-state index < -0.39 is 10.0 Å². The lowest BCUT2D eigenvalue weighted by Crippen LogP contribution is -3.11. The van der Waals surface area contributed by atoms with Crippen molar-refractivity contribution in [3.05, 3.63) is 47.5 Å². The number of quaternary nitrogens is 1. The SMILES string of the molecule is Cc1ccc2c(c1)[C@H]1C[NH+](C)CC[C@@H]1N2S(=O)(=O)c1ccc2c(c1)OCCO2. The highest BCUT2D eigenvalue weighted by Gasteiger charge is 2.48. The largest absolute Gasteiger partial charge is 0.486 e. The van der Waals surface area contributed by atoms with Crippen LogP contribution in [0.1, 0.15) is 23.5 Å². The molecule has 0 saturated carbocycles. The molecule has 0 aromatic heterocycles. The number of hydrogen-bond donors (Lipinski definition) is 1. The predicted molar refractivity (Wildman–Crippen MR) is 106 cm³/mol. The van der Waals surface area contributed by atoms with Crippen LogP contribution in [0.5, 0.6) is 11.5 Å². The van der Waals surface area contributed by atoms with Crippen molar-refractivity contribution in [3.63, 3.8) is 0 Å². The van der Waals surface area contributed by atoms with Gasteiger partial charge in [-0.3, -0.25) is 4.31 Å². The number of hydrogen-bond acceptors (Lipinski definition) is 4. The number of ether oxygens (including phenoxy) is 2. The summed E-state index contributed by atoms with van der Waals surface area (Å²) in [6, 6.07) is 11.0. The van der Waals surface area contributed by atoms with E-state index in [4.69, 9.17) is 9.47 Å². The molecule has 7 heteroatoms. The van der Waals surface area contributed by atoms with Crippen molar-refractivity contribution in [2.75, 3.05) is 37.7 Å². The molecule has 1 unspecified atom stereocenters. The first kappa shape index (κ1) is 17.8. The number of aryl methyl sites for hydroxylation is 1. The topological polar surface area (TPSA) is 60.3 Å². The molecule has 0 aliphatic carbocycles. The molecule has 3 aliphatic rings. The zero-order valence-electron chi connectivity index (χ0n) is 16.1. The molecule has 28 heavy (non-hydrogen) atoms. The van der Waals surface area contributed by atoms with Crippen LogP contribution in [0, 0.1) is 6.92 Å². The van der Waals surface area contributed by atoms with Gasteiger partial charge in [0.05, 0.1) is 42.7 Å². The lowest BCUT2D eigenvalue weighted by molar-refractivity contribution is -0.886. The van der Waals surface area contributed by atoms with Crippen LogP contribution in [0.3, 0.4) is 0 Å². The van der Waals surface area contributed by atoms with Crippen LogP contribution >= 0.6 is 0 Å². The highest BCUT2D eigenvalue weighted by Crippen LogP contribution is 2.46.